The molecule has 0 radical (unpaired) electrons. The first-order valence-electron chi connectivity index (χ1n) is 8.89. The third-order valence-electron chi connectivity index (χ3n) is 4.50. The van der Waals surface area contributed by atoms with E-state index < -0.39 is 0 Å². The second-order valence-electron chi connectivity index (χ2n) is 6.25. The minimum atomic E-state index is 1.20. The highest BCUT2D eigenvalue weighted by Gasteiger charge is 2.11. The van der Waals surface area contributed by atoms with Crippen molar-refractivity contribution in [2.24, 2.45) is 0 Å². The Bertz CT molecular complexity index is 997. The molecule has 0 amide bonds. The van der Waals surface area contributed by atoms with E-state index in [1.54, 1.807) is 0 Å². The van der Waals surface area contributed by atoms with Gasteiger partial charge >= 0.3 is 0 Å². The monoisotopic (exact) mass is 332 g/mol. The second-order valence-corrected chi connectivity index (χ2v) is 6.25. The molecule has 0 aliphatic rings. The van der Waals surface area contributed by atoms with Crippen LogP contribution in [0.2, 0.25) is 0 Å². The third-order valence-corrected chi connectivity index (χ3v) is 4.50. The average molecular weight is 332 g/mol. The molecule has 0 saturated heterocycles. The maximum Gasteiger partial charge on any atom is -0.00992 e. The molecular weight excluding hydrogens is 312 g/mol. The summed E-state index contributed by atoms with van der Waals surface area (Å²) in [6.45, 7) is 0. The van der Waals surface area contributed by atoms with Crippen LogP contribution in [0.1, 0.15) is 16.7 Å². The molecule has 0 atom stereocenters. The van der Waals surface area contributed by atoms with Crippen LogP contribution in [0.4, 0.5) is 0 Å². The van der Waals surface area contributed by atoms with Crippen molar-refractivity contribution in [3.05, 3.63) is 132 Å². The number of hydrogen-bond acceptors (Lipinski definition) is 0. The molecule has 0 saturated carbocycles. The highest BCUT2D eigenvalue weighted by Crippen LogP contribution is 2.34. The van der Waals surface area contributed by atoms with Crippen LogP contribution in [-0.2, 0) is 0 Å². The van der Waals surface area contributed by atoms with E-state index in [1.165, 1.54) is 33.4 Å². The fourth-order valence-electron chi connectivity index (χ4n) is 3.24. The molecule has 0 heterocycles. The molecule has 0 fully saturated rings. The largest absolute Gasteiger partial charge is 0.0622 e. The maximum atomic E-state index is 2.27. The molecule has 0 heteroatoms. The Kier molecular flexibility index (Phi) is 4.75. The van der Waals surface area contributed by atoms with Gasteiger partial charge in [0.25, 0.3) is 0 Å². The van der Waals surface area contributed by atoms with Crippen LogP contribution in [-0.4, -0.2) is 0 Å². The van der Waals surface area contributed by atoms with Crippen LogP contribution < -0.4 is 0 Å². The van der Waals surface area contributed by atoms with Crippen molar-refractivity contribution in [2.45, 2.75) is 0 Å². The zero-order valence-corrected chi connectivity index (χ0v) is 14.5. The normalized spacial score (nSPS) is 11.3. The van der Waals surface area contributed by atoms with E-state index in [9.17, 15) is 0 Å². The van der Waals surface area contributed by atoms with E-state index >= 15 is 0 Å². The predicted octanol–water partition coefficient (Wildman–Crippen LogP) is 6.94. The maximum absolute atomic E-state index is 2.27. The van der Waals surface area contributed by atoms with Crippen LogP contribution in [0.25, 0.3) is 22.8 Å². The van der Waals surface area contributed by atoms with Gasteiger partial charge in [0.05, 0.1) is 0 Å². The molecule has 0 unspecified atom stereocenters. The summed E-state index contributed by atoms with van der Waals surface area (Å²) in [6, 6.07) is 40.3. The van der Waals surface area contributed by atoms with Gasteiger partial charge in [0.2, 0.25) is 0 Å². The summed E-state index contributed by atoms with van der Waals surface area (Å²) in [5.74, 6) is 0. The standard InChI is InChI=1S/C26H20/c1-4-12-21(13-5-1)20-26(23-16-8-3-9-17-23)25-19-11-10-18-24(25)22-14-6-2-7-15-22/h1-20H/b26-20+. The van der Waals surface area contributed by atoms with E-state index in [4.69, 9.17) is 0 Å². The van der Waals surface area contributed by atoms with Gasteiger partial charge in [-0.2, -0.15) is 0 Å². The van der Waals surface area contributed by atoms with E-state index in [1.807, 2.05) is 0 Å². The van der Waals surface area contributed by atoms with Crippen LogP contribution in [0.5, 0.6) is 0 Å². The van der Waals surface area contributed by atoms with Gasteiger partial charge in [0.1, 0.15) is 0 Å². The fourth-order valence-corrected chi connectivity index (χ4v) is 3.24. The van der Waals surface area contributed by atoms with Gasteiger partial charge in [-0.3, -0.25) is 0 Å². The Morgan fingerprint density at radius 2 is 1.04 bits per heavy atom. The van der Waals surface area contributed by atoms with Crippen LogP contribution in [0.3, 0.4) is 0 Å². The molecule has 0 spiro atoms. The minimum absolute atomic E-state index is 1.20. The van der Waals surface area contributed by atoms with Gasteiger partial charge in [-0.05, 0) is 39.5 Å². The van der Waals surface area contributed by atoms with Gasteiger partial charge in [-0.15, -0.1) is 0 Å². The molecule has 124 valence electrons. The van der Waals surface area contributed by atoms with Gasteiger partial charge in [0, 0.05) is 0 Å². The smallest absolute Gasteiger partial charge is 0.00992 e. The van der Waals surface area contributed by atoms with E-state index in [2.05, 4.69) is 121 Å². The molecule has 0 aliphatic carbocycles. The Morgan fingerprint density at radius 3 is 1.73 bits per heavy atom. The fraction of sp³-hybridized carbons (Fsp3) is 0. The molecule has 26 heavy (non-hydrogen) atoms. The highest BCUT2D eigenvalue weighted by atomic mass is 14.1. The molecule has 4 aromatic carbocycles. The van der Waals surface area contributed by atoms with E-state index in [0.29, 0.717) is 0 Å². The molecular formula is C26H20. The van der Waals surface area contributed by atoms with E-state index in [0.717, 1.165) is 0 Å². The average Bonchev–Trinajstić information content (AvgIpc) is 2.74. The number of hydrogen-bond donors (Lipinski definition) is 0. The van der Waals surface area contributed by atoms with Crippen molar-refractivity contribution in [1.82, 2.24) is 0 Å². The topological polar surface area (TPSA) is 0 Å². The second kappa shape index (κ2) is 7.67. The van der Waals surface area contributed by atoms with E-state index in [-0.39, 0.29) is 0 Å². The zero-order chi connectivity index (χ0) is 17.6. The van der Waals surface area contributed by atoms with Crippen LogP contribution in [0, 0.1) is 0 Å². The lowest BCUT2D eigenvalue weighted by atomic mass is 9.89. The number of benzene rings is 4. The van der Waals surface area contributed by atoms with Crippen LogP contribution >= 0.6 is 0 Å². The summed E-state index contributed by atoms with van der Waals surface area (Å²) in [4.78, 5) is 0. The first kappa shape index (κ1) is 16.1. The van der Waals surface area contributed by atoms with Gasteiger partial charge in [0.15, 0.2) is 0 Å². The SMILES string of the molecule is C(=C(/c1ccccc1)c1ccccc1-c1ccccc1)/c1ccccc1. The van der Waals surface area contributed by atoms with Gasteiger partial charge in [-0.1, -0.05) is 115 Å². The lowest BCUT2D eigenvalue weighted by Crippen LogP contribution is -1.92. The Balaban J connectivity index is 1.93. The van der Waals surface area contributed by atoms with Gasteiger partial charge < -0.3 is 0 Å². The molecule has 0 N–H and O–H groups in total. The summed E-state index contributed by atoms with van der Waals surface area (Å²) < 4.78 is 0. The quantitative estimate of drug-likeness (QED) is 0.355. The van der Waals surface area contributed by atoms with Crippen LogP contribution in [0.15, 0.2) is 115 Å². The summed E-state index contributed by atoms with van der Waals surface area (Å²) in [6.07, 6.45) is 2.27. The summed E-state index contributed by atoms with van der Waals surface area (Å²) >= 11 is 0. The molecule has 0 nitrogen and oxygen atoms in total. The Hall–Kier alpha value is -3.38. The van der Waals surface area contributed by atoms with Crippen molar-refractivity contribution >= 4 is 11.6 Å². The van der Waals surface area contributed by atoms with Crippen molar-refractivity contribution in [3.63, 3.8) is 0 Å². The predicted molar refractivity (Wildman–Crippen MR) is 112 cm³/mol. The third kappa shape index (κ3) is 3.50. The number of rotatable bonds is 4. The van der Waals surface area contributed by atoms with Crippen molar-refractivity contribution < 1.29 is 0 Å². The van der Waals surface area contributed by atoms with Crippen molar-refractivity contribution in [3.8, 4) is 11.1 Å². The molecule has 0 aliphatic heterocycles. The molecule has 0 bridgehead atoms. The van der Waals surface area contributed by atoms with Crippen molar-refractivity contribution in [2.75, 3.05) is 0 Å². The Labute approximate surface area is 155 Å². The summed E-state index contributed by atoms with van der Waals surface area (Å²) in [7, 11) is 0. The lowest BCUT2D eigenvalue weighted by molar-refractivity contribution is 1.53. The van der Waals surface area contributed by atoms with Crippen molar-refractivity contribution in [1.29, 1.82) is 0 Å². The van der Waals surface area contributed by atoms with Gasteiger partial charge in [-0.25, -0.2) is 0 Å². The molecule has 0 aromatic heterocycles. The highest BCUT2D eigenvalue weighted by molar-refractivity contribution is 5.96. The zero-order valence-electron chi connectivity index (χ0n) is 14.5. The molecule has 4 rings (SSSR count). The Morgan fingerprint density at radius 1 is 0.500 bits per heavy atom. The lowest BCUT2D eigenvalue weighted by Gasteiger charge is -2.14. The molecule has 4 aromatic rings. The minimum Gasteiger partial charge on any atom is -0.0622 e. The summed E-state index contributed by atoms with van der Waals surface area (Å²) in [5.41, 5.74) is 7.39. The summed E-state index contributed by atoms with van der Waals surface area (Å²) in [5, 5.41) is 0. The first-order chi connectivity index (χ1) is 12.9. The first-order valence-corrected chi connectivity index (χ1v) is 8.89.